The molecule has 0 bridgehead atoms. The lowest BCUT2D eigenvalue weighted by Gasteiger charge is -2.32. The Labute approximate surface area is 149 Å². The molecule has 0 radical (unpaired) electrons. The van der Waals surface area contributed by atoms with E-state index in [4.69, 9.17) is 22.1 Å². The topological polar surface area (TPSA) is 47.3 Å². The van der Waals surface area contributed by atoms with Crippen LogP contribution in [0, 0.1) is 0 Å². The number of hydrogen-bond acceptors (Lipinski definition) is 3. The molecule has 2 aromatic carbocycles. The van der Waals surface area contributed by atoms with Crippen molar-refractivity contribution in [2.24, 2.45) is 5.73 Å². The molecule has 0 aliphatic heterocycles. The van der Waals surface area contributed by atoms with Gasteiger partial charge in [0.25, 0.3) is 0 Å². The van der Waals surface area contributed by atoms with Crippen molar-refractivity contribution in [2.45, 2.75) is 31.2 Å². The summed E-state index contributed by atoms with van der Waals surface area (Å²) in [6.07, 6.45) is 2.98. The van der Waals surface area contributed by atoms with Crippen LogP contribution in [0.25, 0.3) is 0 Å². The van der Waals surface area contributed by atoms with Gasteiger partial charge in [0, 0.05) is 23.5 Å². The fourth-order valence-electron chi connectivity index (χ4n) is 3.44. The molecule has 3 nitrogen and oxygen atoms in total. The second-order valence-electron chi connectivity index (χ2n) is 6.46. The van der Waals surface area contributed by atoms with E-state index in [1.165, 1.54) is 16.7 Å². The highest BCUT2D eigenvalue weighted by Crippen LogP contribution is 2.36. The van der Waals surface area contributed by atoms with Gasteiger partial charge in [-0.3, -0.25) is 0 Å². The highest BCUT2D eigenvalue weighted by atomic mass is 35.5. The molecular weight excluding hydrogens is 320 g/mol. The number of aryl methyl sites for hydroxylation is 1. The van der Waals surface area contributed by atoms with Crippen LogP contribution in [0.15, 0.2) is 42.5 Å². The first-order valence-corrected chi connectivity index (χ1v) is 8.95. The summed E-state index contributed by atoms with van der Waals surface area (Å²) in [5.74, 6) is 1.23. The van der Waals surface area contributed by atoms with E-state index in [1.807, 2.05) is 25.2 Å². The van der Waals surface area contributed by atoms with Gasteiger partial charge in [0.15, 0.2) is 0 Å². The highest BCUT2D eigenvalue weighted by molar-refractivity contribution is 6.30. The summed E-state index contributed by atoms with van der Waals surface area (Å²) < 4.78 is 5.84. The maximum Gasteiger partial charge on any atom is 0.119 e. The molecule has 1 aliphatic carbocycles. The van der Waals surface area contributed by atoms with Gasteiger partial charge in [0.2, 0.25) is 0 Å². The SMILES string of the molecule is CNCCOc1ccc2c(c1)C(Cc1cccc(Cl)c1)C(N)CC2. The molecule has 0 aromatic heterocycles. The van der Waals surface area contributed by atoms with Crippen molar-refractivity contribution in [3.63, 3.8) is 0 Å². The van der Waals surface area contributed by atoms with Crippen molar-refractivity contribution in [1.29, 1.82) is 0 Å². The average Bonchev–Trinajstić information content (AvgIpc) is 2.58. The quantitative estimate of drug-likeness (QED) is 0.788. The number of halogens is 1. The molecule has 0 spiro atoms. The highest BCUT2D eigenvalue weighted by Gasteiger charge is 2.27. The number of hydrogen-bond donors (Lipinski definition) is 2. The van der Waals surface area contributed by atoms with Crippen molar-refractivity contribution in [3.8, 4) is 5.75 Å². The lowest BCUT2D eigenvalue weighted by atomic mass is 9.76. The minimum absolute atomic E-state index is 0.170. The number of nitrogens with one attached hydrogen (secondary N) is 1. The molecule has 0 amide bonds. The molecule has 0 heterocycles. The third-order valence-corrected chi connectivity index (χ3v) is 4.98. The van der Waals surface area contributed by atoms with E-state index in [9.17, 15) is 0 Å². The van der Waals surface area contributed by atoms with Gasteiger partial charge in [-0.05, 0) is 67.3 Å². The number of ether oxygens (including phenoxy) is 1. The molecule has 2 atom stereocenters. The van der Waals surface area contributed by atoms with Gasteiger partial charge in [0.05, 0.1) is 0 Å². The van der Waals surface area contributed by atoms with Crippen molar-refractivity contribution >= 4 is 11.6 Å². The predicted octanol–water partition coefficient (Wildman–Crippen LogP) is 3.54. The average molecular weight is 345 g/mol. The zero-order valence-electron chi connectivity index (χ0n) is 14.1. The van der Waals surface area contributed by atoms with Crippen molar-refractivity contribution < 1.29 is 4.74 Å². The third-order valence-electron chi connectivity index (χ3n) is 4.75. The van der Waals surface area contributed by atoms with Gasteiger partial charge < -0.3 is 15.8 Å². The number of nitrogens with two attached hydrogens (primary N) is 1. The Morgan fingerprint density at radius 1 is 1.25 bits per heavy atom. The Morgan fingerprint density at radius 2 is 2.12 bits per heavy atom. The van der Waals surface area contributed by atoms with Gasteiger partial charge >= 0.3 is 0 Å². The van der Waals surface area contributed by atoms with Crippen molar-refractivity contribution in [1.82, 2.24) is 5.32 Å². The smallest absolute Gasteiger partial charge is 0.119 e. The summed E-state index contributed by atoms with van der Waals surface area (Å²) in [6.45, 7) is 1.50. The number of benzene rings is 2. The molecule has 0 fully saturated rings. The third kappa shape index (κ3) is 4.10. The Morgan fingerprint density at radius 3 is 2.92 bits per heavy atom. The van der Waals surface area contributed by atoms with Gasteiger partial charge in [-0.2, -0.15) is 0 Å². The molecule has 0 saturated heterocycles. The number of likely N-dealkylation sites (N-methyl/N-ethyl adjacent to an activating group) is 1. The molecule has 3 N–H and O–H groups in total. The van der Waals surface area contributed by atoms with E-state index in [0.717, 1.165) is 36.6 Å². The minimum Gasteiger partial charge on any atom is -0.492 e. The van der Waals surface area contributed by atoms with Crippen molar-refractivity contribution in [2.75, 3.05) is 20.2 Å². The Bertz CT molecular complexity index is 689. The summed E-state index contributed by atoms with van der Waals surface area (Å²) in [6, 6.07) is 14.7. The van der Waals surface area contributed by atoms with Gasteiger partial charge in [-0.25, -0.2) is 0 Å². The van der Waals surface area contributed by atoms with Crippen LogP contribution < -0.4 is 15.8 Å². The summed E-state index contributed by atoms with van der Waals surface area (Å²) in [5.41, 5.74) is 10.4. The van der Waals surface area contributed by atoms with Crippen LogP contribution in [0.2, 0.25) is 5.02 Å². The Hall–Kier alpha value is -1.55. The number of fused-ring (bicyclic) bond motifs is 1. The van der Waals surface area contributed by atoms with Crippen LogP contribution in [0.1, 0.15) is 29.0 Å². The predicted molar refractivity (Wildman–Crippen MR) is 100 cm³/mol. The zero-order chi connectivity index (χ0) is 16.9. The monoisotopic (exact) mass is 344 g/mol. The summed E-state index contributed by atoms with van der Waals surface area (Å²) in [4.78, 5) is 0. The van der Waals surface area contributed by atoms with Crippen LogP contribution in [-0.2, 0) is 12.8 Å². The first-order valence-electron chi connectivity index (χ1n) is 8.57. The van der Waals surface area contributed by atoms with E-state index in [-0.39, 0.29) is 6.04 Å². The molecule has 0 saturated carbocycles. The normalized spacial score (nSPS) is 19.8. The standard InChI is InChI=1S/C20H25ClN2O/c1-23-9-10-24-17-7-5-15-6-8-20(22)19(18(15)13-17)12-14-3-2-4-16(21)11-14/h2-5,7,11,13,19-20,23H,6,8-10,12,22H2,1H3. The van der Waals surface area contributed by atoms with Crippen molar-refractivity contribution in [3.05, 3.63) is 64.2 Å². The molecule has 3 rings (SSSR count). The molecule has 24 heavy (non-hydrogen) atoms. The zero-order valence-corrected chi connectivity index (χ0v) is 14.9. The summed E-state index contributed by atoms with van der Waals surface area (Å²) in [7, 11) is 1.93. The molecule has 4 heteroatoms. The van der Waals surface area contributed by atoms with Crippen LogP contribution >= 0.6 is 11.6 Å². The maximum atomic E-state index is 6.47. The molecular formula is C20H25ClN2O. The van der Waals surface area contributed by atoms with E-state index in [1.54, 1.807) is 0 Å². The van der Waals surface area contributed by atoms with E-state index < -0.39 is 0 Å². The molecule has 2 aromatic rings. The lowest BCUT2D eigenvalue weighted by Crippen LogP contribution is -2.34. The first-order chi connectivity index (χ1) is 11.7. The van der Waals surface area contributed by atoms with Crippen LogP contribution in [0.4, 0.5) is 0 Å². The fourth-order valence-corrected chi connectivity index (χ4v) is 3.65. The second-order valence-corrected chi connectivity index (χ2v) is 6.89. The maximum absolute atomic E-state index is 6.47. The Kier molecular flexibility index (Phi) is 5.77. The largest absolute Gasteiger partial charge is 0.492 e. The lowest BCUT2D eigenvalue weighted by molar-refractivity contribution is 0.317. The van der Waals surface area contributed by atoms with Crippen LogP contribution in [0.5, 0.6) is 5.75 Å². The molecule has 2 unspecified atom stereocenters. The van der Waals surface area contributed by atoms with E-state index >= 15 is 0 Å². The van der Waals surface area contributed by atoms with Crippen LogP contribution in [-0.4, -0.2) is 26.2 Å². The van der Waals surface area contributed by atoms with Gasteiger partial charge in [-0.1, -0.05) is 29.8 Å². The fraction of sp³-hybridized carbons (Fsp3) is 0.400. The molecule has 1 aliphatic rings. The Balaban J connectivity index is 1.83. The second kappa shape index (κ2) is 8.02. The molecule has 128 valence electrons. The van der Waals surface area contributed by atoms with Gasteiger partial charge in [-0.15, -0.1) is 0 Å². The van der Waals surface area contributed by atoms with Gasteiger partial charge in [0.1, 0.15) is 12.4 Å². The van der Waals surface area contributed by atoms with E-state index in [2.05, 4.69) is 29.6 Å². The minimum atomic E-state index is 0.170. The van der Waals surface area contributed by atoms with E-state index in [0.29, 0.717) is 12.5 Å². The summed E-state index contributed by atoms with van der Waals surface area (Å²) >= 11 is 6.14. The van der Waals surface area contributed by atoms with Crippen LogP contribution in [0.3, 0.4) is 0 Å². The summed E-state index contributed by atoms with van der Waals surface area (Å²) in [5, 5.41) is 3.88. The first kappa shape index (κ1) is 17.3. The number of rotatable bonds is 6.